The van der Waals surface area contributed by atoms with Crippen LogP contribution in [-0.4, -0.2) is 42.7 Å². The fourth-order valence-corrected chi connectivity index (χ4v) is 5.28. The van der Waals surface area contributed by atoms with Gasteiger partial charge in [0.2, 0.25) is 0 Å². The summed E-state index contributed by atoms with van der Waals surface area (Å²) in [5, 5.41) is 7.37. The van der Waals surface area contributed by atoms with Crippen molar-refractivity contribution in [3.63, 3.8) is 0 Å². The molecule has 3 aromatic rings. The van der Waals surface area contributed by atoms with E-state index in [-0.39, 0.29) is 29.1 Å². The van der Waals surface area contributed by atoms with Crippen LogP contribution in [0.15, 0.2) is 60.7 Å². The zero-order chi connectivity index (χ0) is 21.1. The van der Waals surface area contributed by atoms with Crippen molar-refractivity contribution in [1.82, 2.24) is 15.1 Å². The highest BCUT2D eigenvalue weighted by molar-refractivity contribution is 7.91. The van der Waals surface area contributed by atoms with Crippen LogP contribution < -0.4 is 10.1 Å². The zero-order valence-electron chi connectivity index (χ0n) is 16.6. The molecule has 1 aromatic heterocycles. The van der Waals surface area contributed by atoms with Crippen LogP contribution in [0.5, 0.6) is 5.75 Å². The Morgan fingerprint density at radius 1 is 1.17 bits per heavy atom. The van der Waals surface area contributed by atoms with Crippen molar-refractivity contribution < 1.29 is 17.9 Å². The number of nitrogens with one attached hydrogen (secondary N) is 1. The summed E-state index contributed by atoms with van der Waals surface area (Å²) in [5.74, 6) is 0.636. The Morgan fingerprint density at radius 2 is 1.90 bits per heavy atom. The van der Waals surface area contributed by atoms with Crippen molar-refractivity contribution in [2.75, 3.05) is 18.6 Å². The lowest BCUT2D eigenvalue weighted by Gasteiger charge is -2.13. The lowest BCUT2D eigenvalue weighted by molar-refractivity contribution is 0.0945. The minimum absolute atomic E-state index is 0.0431. The molecule has 0 spiro atoms. The molecular weight excluding hydrogens is 402 g/mol. The maximum Gasteiger partial charge on any atom is 0.272 e. The fraction of sp³-hybridized carbons (Fsp3) is 0.273. The van der Waals surface area contributed by atoms with Crippen LogP contribution in [0.3, 0.4) is 0 Å². The molecule has 1 fully saturated rings. The van der Waals surface area contributed by atoms with E-state index in [1.807, 2.05) is 54.6 Å². The Labute approximate surface area is 175 Å². The van der Waals surface area contributed by atoms with Crippen LogP contribution in [0, 0.1) is 0 Å². The quantitative estimate of drug-likeness (QED) is 0.656. The Bertz CT molecular complexity index is 1140. The summed E-state index contributed by atoms with van der Waals surface area (Å²) in [4.78, 5) is 12.8. The average Bonchev–Trinajstić information content (AvgIpc) is 3.36. The molecule has 1 aliphatic rings. The fourth-order valence-electron chi connectivity index (χ4n) is 3.59. The molecule has 1 amide bonds. The SMILES string of the molecule is COc1ccc(CNC(=O)c2cc(-c3ccccc3)n([C@@H]3CCS(=O)(=O)C3)n2)cc1. The number of hydrogen-bond donors (Lipinski definition) is 1. The van der Waals surface area contributed by atoms with Gasteiger partial charge in [-0.05, 0) is 35.7 Å². The topological polar surface area (TPSA) is 90.3 Å². The third kappa shape index (κ3) is 4.38. The van der Waals surface area contributed by atoms with Crippen LogP contribution in [0.4, 0.5) is 0 Å². The van der Waals surface area contributed by atoms with Gasteiger partial charge < -0.3 is 10.1 Å². The second-order valence-corrected chi connectivity index (χ2v) is 9.54. The number of nitrogens with zero attached hydrogens (tertiary/aromatic N) is 2. The molecule has 1 N–H and O–H groups in total. The Balaban J connectivity index is 1.57. The molecule has 1 aliphatic heterocycles. The molecule has 0 radical (unpaired) electrons. The summed E-state index contributed by atoms with van der Waals surface area (Å²) in [6.45, 7) is 0.355. The largest absolute Gasteiger partial charge is 0.497 e. The van der Waals surface area contributed by atoms with Crippen LogP contribution >= 0.6 is 0 Å². The average molecular weight is 426 g/mol. The van der Waals surface area contributed by atoms with Gasteiger partial charge in [0.05, 0.1) is 30.4 Å². The number of aromatic nitrogens is 2. The van der Waals surface area contributed by atoms with Crippen molar-refractivity contribution >= 4 is 15.7 Å². The Hall–Kier alpha value is -3.13. The van der Waals surface area contributed by atoms with Crippen LogP contribution in [-0.2, 0) is 16.4 Å². The van der Waals surface area contributed by atoms with Crippen LogP contribution in [0.2, 0.25) is 0 Å². The molecule has 0 saturated carbocycles. The van der Waals surface area contributed by atoms with Gasteiger partial charge in [0.15, 0.2) is 15.5 Å². The van der Waals surface area contributed by atoms with E-state index in [1.165, 1.54) is 0 Å². The van der Waals surface area contributed by atoms with Gasteiger partial charge in [0.1, 0.15) is 5.75 Å². The van der Waals surface area contributed by atoms with E-state index in [0.29, 0.717) is 13.0 Å². The maximum atomic E-state index is 12.8. The zero-order valence-corrected chi connectivity index (χ0v) is 17.4. The van der Waals surface area contributed by atoms with Gasteiger partial charge in [-0.2, -0.15) is 5.10 Å². The first kappa shape index (κ1) is 20.2. The maximum absolute atomic E-state index is 12.8. The molecular formula is C22H23N3O4S. The number of sulfone groups is 1. The summed E-state index contributed by atoms with van der Waals surface area (Å²) >= 11 is 0. The molecule has 4 rings (SSSR count). The molecule has 7 nitrogen and oxygen atoms in total. The first-order valence-electron chi connectivity index (χ1n) is 9.72. The lowest BCUT2D eigenvalue weighted by Crippen LogP contribution is -2.24. The van der Waals surface area contributed by atoms with E-state index in [2.05, 4.69) is 10.4 Å². The highest BCUT2D eigenvalue weighted by Crippen LogP contribution is 2.30. The van der Waals surface area contributed by atoms with E-state index in [9.17, 15) is 13.2 Å². The third-order valence-electron chi connectivity index (χ3n) is 5.20. The number of benzene rings is 2. The number of amides is 1. The van der Waals surface area contributed by atoms with Crippen molar-refractivity contribution in [2.45, 2.75) is 19.0 Å². The summed E-state index contributed by atoms with van der Waals surface area (Å²) in [5.41, 5.74) is 2.84. The van der Waals surface area contributed by atoms with Gasteiger partial charge in [-0.15, -0.1) is 0 Å². The molecule has 0 unspecified atom stereocenters. The smallest absolute Gasteiger partial charge is 0.272 e. The molecule has 8 heteroatoms. The van der Waals surface area contributed by atoms with Crippen molar-refractivity contribution in [2.24, 2.45) is 0 Å². The summed E-state index contributed by atoms with van der Waals surface area (Å²) in [6, 6.07) is 18.5. The summed E-state index contributed by atoms with van der Waals surface area (Å²) in [7, 11) is -1.47. The van der Waals surface area contributed by atoms with Gasteiger partial charge in [0, 0.05) is 6.54 Å². The number of rotatable bonds is 6. The first-order valence-corrected chi connectivity index (χ1v) is 11.5. The van der Waals surface area contributed by atoms with E-state index in [0.717, 1.165) is 22.6 Å². The van der Waals surface area contributed by atoms with Gasteiger partial charge in [-0.25, -0.2) is 8.42 Å². The predicted octanol–water partition coefficient (Wildman–Crippen LogP) is 2.85. The van der Waals surface area contributed by atoms with Crippen molar-refractivity contribution in [3.05, 3.63) is 71.9 Å². The molecule has 0 aliphatic carbocycles. The second-order valence-electron chi connectivity index (χ2n) is 7.31. The molecule has 1 atom stereocenters. The van der Waals surface area contributed by atoms with Crippen LogP contribution in [0.1, 0.15) is 28.5 Å². The van der Waals surface area contributed by atoms with Gasteiger partial charge in [-0.1, -0.05) is 42.5 Å². The molecule has 30 heavy (non-hydrogen) atoms. The molecule has 2 heterocycles. The normalized spacial score (nSPS) is 17.6. The third-order valence-corrected chi connectivity index (χ3v) is 6.95. The number of hydrogen-bond acceptors (Lipinski definition) is 5. The second kappa shape index (κ2) is 8.31. The van der Waals surface area contributed by atoms with E-state index in [1.54, 1.807) is 17.9 Å². The van der Waals surface area contributed by atoms with Crippen molar-refractivity contribution in [1.29, 1.82) is 0 Å². The van der Waals surface area contributed by atoms with E-state index >= 15 is 0 Å². The van der Waals surface area contributed by atoms with Gasteiger partial charge in [0.25, 0.3) is 5.91 Å². The van der Waals surface area contributed by atoms with Crippen molar-refractivity contribution in [3.8, 4) is 17.0 Å². The number of methoxy groups -OCH3 is 1. The standard InChI is InChI=1S/C22H23N3O4S/c1-29-19-9-7-16(8-10-19)14-23-22(26)20-13-21(17-5-3-2-4-6-17)25(24-20)18-11-12-30(27,28)15-18/h2-10,13,18H,11-12,14-15H2,1H3,(H,23,26)/t18-/m1/s1. The van der Waals surface area contributed by atoms with Gasteiger partial charge in [-0.3, -0.25) is 9.48 Å². The highest BCUT2D eigenvalue weighted by Gasteiger charge is 2.32. The van der Waals surface area contributed by atoms with E-state index < -0.39 is 9.84 Å². The Kier molecular flexibility index (Phi) is 5.59. The minimum Gasteiger partial charge on any atom is -0.497 e. The monoisotopic (exact) mass is 425 g/mol. The molecule has 1 saturated heterocycles. The Morgan fingerprint density at radius 3 is 2.53 bits per heavy atom. The van der Waals surface area contributed by atoms with E-state index in [4.69, 9.17) is 4.74 Å². The minimum atomic E-state index is -3.08. The number of carbonyl (C=O) groups excluding carboxylic acids is 1. The highest BCUT2D eigenvalue weighted by atomic mass is 32.2. The number of carbonyl (C=O) groups is 1. The lowest BCUT2D eigenvalue weighted by atomic mass is 10.1. The molecule has 2 aromatic carbocycles. The number of ether oxygens (including phenoxy) is 1. The van der Waals surface area contributed by atoms with Gasteiger partial charge >= 0.3 is 0 Å². The summed E-state index contributed by atoms with van der Waals surface area (Å²) in [6.07, 6.45) is 0.497. The molecule has 0 bridgehead atoms. The molecule has 156 valence electrons. The summed E-state index contributed by atoms with van der Waals surface area (Å²) < 4.78 is 30.8. The van der Waals surface area contributed by atoms with Crippen LogP contribution in [0.25, 0.3) is 11.3 Å². The first-order chi connectivity index (χ1) is 14.4. The predicted molar refractivity (Wildman–Crippen MR) is 114 cm³/mol.